The molecule has 0 amide bonds. The Balaban J connectivity index is 1.98. The Hall–Kier alpha value is 0.0200. The molecule has 2 aliphatic rings. The lowest BCUT2D eigenvalue weighted by atomic mass is 9.79. The lowest BCUT2D eigenvalue weighted by Crippen LogP contribution is -2.36. The van der Waals surface area contributed by atoms with Gasteiger partial charge in [-0.1, -0.05) is 6.42 Å². The highest BCUT2D eigenvalue weighted by atomic mass is 32.2. The van der Waals surface area contributed by atoms with Gasteiger partial charge in [0.1, 0.15) is 6.29 Å². The first-order valence-electron chi connectivity index (χ1n) is 4.33. The predicted octanol–water partition coefficient (Wildman–Crippen LogP) is 2.11. The zero-order valence-electron chi connectivity index (χ0n) is 6.88. The van der Waals surface area contributed by atoms with Gasteiger partial charge in [0.15, 0.2) is 0 Å². The van der Waals surface area contributed by atoms with Crippen molar-refractivity contribution in [3.63, 3.8) is 0 Å². The summed E-state index contributed by atoms with van der Waals surface area (Å²) in [5, 5.41) is 0. The van der Waals surface area contributed by atoms with Crippen molar-refractivity contribution in [2.45, 2.75) is 30.4 Å². The van der Waals surface area contributed by atoms with Gasteiger partial charge < -0.3 is 4.79 Å². The first-order chi connectivity index (χ1) is 5.32. The van der Waals surface area contributed by atoms with E-state index < -0.39 is 0 Å². The fourth-order valence-corrected chi connectivity index (χ4v) is 3.49. The first kappa shape index (κ1) is 7.66. The average Bonchev–Trinajstić information content (AvgIpc) is 2.67. The fourth-order valence-electron chi connectivity index (χ4n) is 2.22. The van der Waals surface area contributed by atoms with Crippen LogP contribution in [-0.4, -0.2) is 17.3 Å². The topological polar surface area (TPSA) is 17.1 Å². The molecule has 62 valence electrons. The number of carbonyl (C=O) groups excluding carboxylic acids is 1. The van der Waals surface area contributed by atoms with Crippen LogP contribution < -0.4 is 0 Å². The van der Waals surface area contributed by atoms with Crippen molar-refractivity contribution in [1.82, 2.24) is 0 Å². The fraction of sp³-hybridized carbons (Fsp3) is 0.889. The molecule has 11 heavy (non-hydrogen) atoms. The molecule has 2 rings (SSSR count). The highest BCUT2D eigenvalue weighted by molar-refractivity contribution is 8.00. The molecule has 0 unspecified atom stereocenters. The number of hydrogen-bond acceptors (Lipinski definition) is 2. The highest BCUT2D eigenvalue weighted by Gasteiger charge is 2.54. The van der Waals surface area contributed by atoms with Crippen LogP contribution in [0, 0.1) is 11.8 Å². The Morgan fingerprint density at radius 3 is 2.55 bits per heavy atom. The summed E-state index contributed by atoms with van der Waals surface area (Å²) in [7, 11) is 0. The van der Waals surface area contributed by atoms with Crippen LogP contribution in [0.25, 0.3) is 0 Å². The molecule has 2 fully saturated rings. The number of thioether (sulfide) groups is 1. The van der Waals surface area contributed by atoms with Crippen LogP contribution in [0.3, 0.4) is 0 Å². The molecule has 0 spiro atoms. The first-order valence-corrected chi connectivity index (χ1v) is 5.55. The van der Waals surface area contributed by atoms with Gasteiger partial charge in [0.05, 0.1) is 0 Å². The summed E-state index contributed by atoms with van der Waals surface area (Å²) in [4.78, 5) is 10.5. The minimum atomic E-state index is 0.419. The zero-order chi connectivity index (χ0) is 7.90. The molecular formula is C9H14OS. The third-order valence-electron chi connectivity index (χ3n) is 3.30. The van der Waals surface area contributed by atoms with Gasteiger partial charge in [-0.15, -0.1) is 0 Å². The quantitative estimate of drug-likeness (QED) is 0.603. The van der Waals surface area contributed by atoms with Crippen molar-refractivity contribution in [2.75, 3.05) is 6.26 Å². The van der Waals surface area contributed by atoms with Gasteiger partial charge in [-0.05, 0) is 31.4 Å². The van der Waals surface area contributed by atoms with Crippen LogP contribution >= 0.6 is 11.8 Å². The highest BCUT2D eigenvalue weighted by Crippen LogP contribution is 2.59. The Bertz CT molecular complexity index is 169. The normalized spacial score (nSPS) is 39.4. The monoisotopic (exact) mass is 170 g/mol. The summed E-state index contributed by atoms with van der Waals surface area (Å²) >= 11 is 1.99. The smallest absolute Gasteiger partial charge is 0.123 e. The van der Waals surface area contributed by atoms with Crippen LogP contribution in [0.1, 0.15) is 25.7 Å². The standard InChI is InChI=1S/C9H14OS/c1-11-9(3-2-4-9)8-5-7(8)6-10/h6-8H,2-5H2,1H3/t7-,8-/m1/s1. The van der Waals surface area contributed by atoms with E-state index >= 15 is 0 Å². The number of hydrogen-bond donors (Lipinski definition) is 0. The molecule has 0 aromatic rings. The van der Waals surface area contributed by atoms with E-state index in [1.807, 2.05) is 11.8 Å². The van der Waals surface area contributed by atoms with E-state index in [-0.39, 0.29) is 0 Å². The second-order valence-corrected chi connectivity index (χ2v) is 4.99. The molecule has 2 atom stereocenters. The molecule has 2 saturated carbocycles. The van der Waals surface area contributed by atoms with Crippen LogP contribution in [-0.2, 0) is 4.79 Å². The molecule has 0 radical (unpaired) electrons. The summed E-state index contributed by atoms with van der Waals surface area (Å²) in [6.07, 6.45) is 8.60. The second kappa shape index (κ2) is 2.51. The Morgan fingerprint density at radius 2 is 2.27 bits per heavy atom. The van der Waals surface area contributed by atoms with E-state index in [1.165, 1.54) is 25.7 Å². The molecule has 2 aliphatic carbocycles. The largest absolute Gasteiger partial charge is 0.303 e. The Kier molecular flexibility index (Phi) is 1.75. The van der Waals surface area contributed by atoms with Crippen molar-refractivity contribution in [3.05, 3.63) is 0 Å². The molecule has 1 nitrogen and oxygen atoms in total. The van der Waals surface area contributed by atoms with E-state index in [9.17, 15) is 4.79 Å². The van der Waals surface area contributed by atoms with Crippen LogP contribution in [0.5, 0.6) is 0 Å². The SMILES string of the molecule is CSC1([C@@H]2C[C@@H]2C=O)CCC1. The number of rotatable bonds is 3. The van der Waals surface area contributed by atoms with Crippen molar-refractivity contribution >= 4 is 18.0 Å². The lowest BCUT2D eigenvalue weighted by Gasteiger charge is -2.41. The van der Waals surface area contributed by atoms with Crippen LogP contribution in [0.2, 0.25) is 0 Å². The third-order valence-corrected chi connectivity index (χ3v) is 4.82. The van der Waals surface area contributed by atoms with Crippen molar-refractivity contribution in [1.29, 1.82) is 0 Å². The maximum Gasteiger partial charge on any atom is 0.123 e. The third kappa shape index (κ3) is 1.03. The molecule has 0 aromatic heterocycles. The van der Waals surface area contributed by atoms with Gasteiger partial charge in [0, 0.05) is 10.7 Å². The van der Waals surface area contributed by atoms with Gasteiger partial charge >= 0.3 is 0 Å². The van der Waals surface area contributed by atoms with E-state index in [0.717, 1.165) is 12.2 Å². The van der Waals surface area contributed by atoms with E-state index in [1.54, 1.807) is 0 Å². The van der Waals surface area contributed by atoms with Crippen molar-refractivity contribution < 1.29 is 4.79 Å². The zero-order valence-corrected chi connectivity index (χ0v) is 7.69. The van der Waals surface area contributed by atoms with E-state index in [0.29, 0.717) is 10.7 Å². The van der Waals surface area contributed by atoms with Crippen LogP contribution in [0.4, 0.5) is 0 Å². The maximum absolute atomic E-state index is 10.5. The molecule has 0 aliphatic heterocycles. The summed E-state index contributed by atoms with van der Waals surface area (Å²) in [5.74, 6) is 1.16. The summed E-state index contributed by atoms with van der Waals surface area (Å²) in [6.45, 7) is 0. The van der Waals surface area contributed by atoms with Gasteiger partial charge in [-0.2, -0.15) is 11.8 Å². The summed E-state index contributed by atoms with van der Waals surface area (Å²) in [5.41, 5.74) is 0. The average molecular weight is 170 g/mol. The molecule has 0 aromatic carbocycles. The minimum absolute atomic E-state index is 0.419. The second-order valence-electron chi connectivity index (χ2n) is 3.76. The molecular weight excluding hydrogens is 156 g/mol. The van der Waals surface area contributed by atoms with Gasteiger partial charge in [0.25, 0.3) is 0 Å². The van der Waals surface area contributed by atoms with E-state index in [4.69, 9.17) is 0 Å². The Labute approximate surface area is 71.9 Å². The van der Waals surface area contributed by atoms with Gasteiger partial charge in [-0.3, -0.25) is 0 Å². The van der Waals surface area contributed by atoms with Gasteiger partial charge in [0.2, 0.25) is 0 Å². The lowest BCUT2D eigenvalue weighted by molar-refractivity contribution is -0.109. The molecule has 2 heteroatoms. The summed E-state index contributed by atoms with van der Waals surface area (Å²) < 4.78 is 0.533. The maximum atomic E-state index is 10.5. The molecule has 0 N–H and O–H groups in total. The molecule has 0 heterocycles. The number of aldehydes is 1. The Morgan fingerprint density at radius 1 is 1.55 bits per heavy atom. The van der Waals surface area contributed by atoms with Gasteiger partial charge in [-0.25, -0.2) is 0 Å². The number of carbonyl (C=O) groups is 1. The minimum Gasteiger partial charge on any atom is -0.303 e. The van der Waals surface area contributed by atoms with Crippen LogP contribution in [0.15, 0.2) is 0 Å². The predicted molar refractivity (Wildman–Crippen MR) is 47.8 cm³/mol. The molecule has 0 saturated heterocycles. The van der Waals surface area contributed by atoms with Crippen molar-refractivity contribution in [2.24, 2.45) is 11.8 Å². The van der Waals surface area contributed by atoms with Crippen molar-refractivity contribution in [3.8, 4) is 0 Å². The van der Waals surface area contributed by atoms with E-state index in [2.05, 4.69) is 6.26 Å². The molecule has 0 bridgehead atoms. The summed E-state index contributed by atoms with van der Waals surface area (Å²) in [6, 6.07) is 0.